The van der Waals surface area contributed by atoms with E-state index in [1.807, 2.05) is 18.2 Å². The molecule has 0 N–H and O–H groups in total. The highest BCUT2D eigenvalue weighted by Crippen LogP contribution is 2.38. The number of carbonyl (C=O) groups is 1. The average Bonchev–Trinajstić information content (AvgIpc) is 2.72. The molecule has 7 heteroatoms. The van der Waals surface area contributed by atoms with Gasteiger partial charge in [-0.1, -0.05) is 30.3 Å². The number of methoxy groups -OCH3 is 1. The summed E-state index contributed by atoms with van der Waals surface area (Å²) in [5.41, 5.74) is 0.605. The van der Waals surface area contributed by atoms with Crippen molar-refractivity contribution in [1.82, 2.24) is 4.90 Å². The molecule has 160 valence electrons. The van der Waals surface area contributed by atoms with E-state index in [-0.39, 0.29) is 35.1 Å². The number of halogens is 3. The second kappa shape index (κ2) is 8.40. The van der Waals surface area contributed by atoms with Gasteiger partial charge in [-0.05, 0) is 36.6 Å². The number of Topliss-reactive ketones (excluding diaryl/α,β-unsaturated/α-hetero) is 1. The van der Waals surface area contributed by atoms with Gasteiger partial charge in [0, 0.05) is 24.5 Å². The van der Waals surface area contributed by atoms with Crippen molar-refractivity contribution in [3.05, 3.63) is 65.2 Å². The molecule has 0 aliphatic carbocycles. The lowest BCUT2D eigenvalue weighted by Gasteiger charge is -2.48. The van der Waals surface area contributed by atoms with Crippen molar-refractivity contribution in [3.8, 4) is 5.75 Å². The standard InChI is InChI=1S/C23H24F3NO3/c1-29-21-11-17(23(24,25)26)7-8-20(21)22(28)16-9-18-13-30-14-19(10-16)27(18)12-15-5-3-2-4-6-15/h2-8,11,16,18-19H,9-10,12-14H2,1H3. The number of rotatable bonds is 5. The number of fused-ring (bicyclic) bond motifs is 2. The molecule has 2 aliphatic heterocycles. The van der Waals surface area contributed by atoms with E-state index in [0.29, 0.717) is 26.1 Å². The van der Waals surface area contributed by atoms with E-state index in [4.69, 9.17) is 9.47 Å². The van der Waals surface area contributed by atoms with Crippen LogP contribution < -0.4 is 4.74 Å². The number of nitrogens with zero attached hydrogens (tertiary/aromatic N) is 1. The Kier molecular flexibility index (Phi) is 5.84. The zero-order chi connectivity index (χ0) is 21.3. The molecule has 2 heterocycles. The van der Waals surface area contributed by atoms with Crippen molar-refractivity contribution < 1.29 is 27.4 Å². The molecule has 0 spiro atoms. The molecular formula is C23H24F3NO3. The zero-order valence-corrected chi connectivity index (χ0v) is 16.7. The smallest absolute Gasteiger partial charge is 0.416 e. The van der Waals surface area contributed by atoms with Crippen LogP contribution in [-0.4, -0.2) is 43.1 Å². The summed E-state index contributed by atoms with van der Waals surface area (Å²) in [5, 5.41) is 0. The maximum atomic E-state index is 13.2. The van der Waals surface area contributed by atoms with E-state index in [1.54, 1.807) is 0 Å². The summed E-state index contributed by atoms with van der Waals surface area (Å²) in [5.74, 6) is -0.443. The molecule has 2 unspecified atom stereocenters. The Balaban J connectivity index is 1.53. The van der Waals surface area contributed by atoms with Gasteiger partial charge in [-0.3, -0.25) is 9.69 Å². The first-order chi connectivity index (χ1) is 14.4. The first-order valence-electron chi connectivity index (χ1n) is 10.0. The van der Waals surface area contributed by atoms with Crippen LogP contribution in [0, 0.1) is 5.92 Å². The number of hydrogen-bond donors (Lipinski definition) is 0. The quantitative estimate of drug-likeness (QED) is 0.666. The normalized spacial score (nSPS) is 24.5. The molecular weight excluding hydrogens is 395 g/mol. The Hall–Kier alpha value is -2.38. The van der Waals surface area contributed by atoms with Gasteiger partial charge in [-0.2, -0.15) is 13.2 Å². The Morgan fingerprint density at radius 2 is 1.77 bits per heavy atom. The van der Waals surface area contributed by atoms with Crippen LogP contribution in [0.1, 0.15) is 34.3 Å². The predicted octanol–water partition coefficient (Wildman–Crippen LogP) is 4.58. The third kappa shape index (κ3) is 4.23. The second-order valence-corrected chi connectivity index (χ2v) is 7.95. The number of benzene rings is 2. The van der Waals surface area contributed by atoms with Crippen molar-refractivity contribution in [3.63, 3.8) is 0 Å². The highest BCUT2D eigenvalue weighted by molar-refractivity contribution is 6.00. The fraction of sp³-hybridized carbons (Fsp3) is 0.435. The fourth-order valence-corrected chi connectivity index (χ4v) is 4.55. The molecule has 0 amide bonds. The SMILES string of the molecule is COc1cc(C(F)(F)F)ccc1C(=O)C1CC2COCC(C1)N2Cc1ccccc1. The van der Waals surface area contributed by atoms with Crippen LogP contribution in [0.3, 0.4) is 0 Å². The second-order valence-electron chi connectivity index (χ2n) is 7.95. The van der Waals surface area contributed by atoms with Crippen molar-refractivity contribution in [2.75, 3.05) is 20.3 Å². The fourth-order valence-electron chi connectivity index (χ4n) is 4.55. The van der Waals surface area contributed by atoms with Gasteiger partial charge in [-0.15, -0.1) is 0 Å². The molecule has 4 nitrogen and oxygen atoms in total. The molecule has 0 aromatic heterocycles. The molecule has 2 aromatic carbocycles. The summed E-state index contributed by atoms with van der Waals surface area (Å²) in [6, 6.07) is 13.5. The highest BCUT2D eigenvalue weighted by Gasteiger charge is 2.42. The molecule has 0 saturated carbocycles. The summed E-state index contributed by atoms with van der Waals surface area (Å²) in [6.07, 6.45) is -3.25. The molecule has 2 aliphatic rings. The minimum Gasteiger partial charge on any atom is -0.496 e. The number of hydrogen-bond acceptors (Lipinski definition) is 4. The van der Waals surface area contributed by atoms with Crippen molar-refractivity contribution in [1.29, 1.82) is 0 Å². The van der Waals surface area contributed by atoms with Gasteiger partial charge in [-0.25, -0.2) is 0 Å². The van der Waals surface area contributed by atoms with Crippen LogP contribution in [0.2, 0.25) is 0 Å². The molecule has 2 aromatic rings. The monoisotopic (exact) mass is 419 g/mol. The summed E-state index contributed by atoms with van der Waals surface area (Å²) >= 11 is 0. The first-order valence-corrected chi connectivity index (χ1v) is 10.0. The number of alkyl halides is 3. The lowest BCUT2D eigenvalue weighted by molar-refractivity contribution is -0.137. The van der Waals surface area contributed by atoms with E-state index < -0.39 is 11.7 Å². The molecule has 2 saturated heterocycles. The van der Waals surface area contributed by atoms with Crippen molar-refractivity contribution >= 4 is 5.78 Å². The van der Waals surface area contributed by atoms with Crippen LogP contribution in [0.4, 0.5) is 13.2 Å². The van der Waals surface area contributed by atoms with Crippen molar-refractivity contribution in [2.45, 2.75) is 37.6 Å². The molecule has 4 rings (SSSR count). The minimum absolute atomic E-state index is 0.0250. The maximum absolute atomic E-state index is 13.2. The number of carbonyl (C=O) groups excluding carboxylic acids is 1. The van der Waals surface area contributed by atoms with Gasteiger partial charge in [0.1, 0.15) is 5.75 Å². The van der Waals surface area contributed by atoms with Crippen LogP contribution in [0.25, 0.3) is 0 Å². The van der Waals surface area contributed by atoms with Gasteiger partial charge in [0.15, 0.2) is 5.78 Å². The zero-order valence-electron chi connectivity index (χ0n) is 16.7. The highest BCUT2D eigenvalue weighted by atomic mass is 19.4. The van der Waals surface area contributed by atoms with E-state index in [2.05, 4.69) is 17.0 Å². The Labute approximate surface area is 173 Å². The number of morpholine rings is 1. The number of ketones is 1. The summed E-state index contributed by atoms with van der Waals surface area (Å²) < 4.78 is 49.9. The van der Waals surface area contributed by atoms with Crippen LogP contribution in [0.5, 0.6) is 5.75 Å². The van der Waals surface area contributed by atoms with Gasteiger partial charge in [0.2, 0.25) is 0 Å². The van der Waals surface area contributed by atoms with Crippen LogP contribution in [0.15, 0.2) is 48.5 Å². The summed E-state index contributed by atoms with van der Waals surface area (Å²) in [6.45, 7) is 1.90. The van der Waals surface area contributed by atoms with Crippen LogP contribution >= 0.6 is 0 Å². The summed E-state index contributed by atoms with van der Waals surface area (Å²) in [7, 11) is 1.29. The lowest BCUT2D eigenvalue weighted by Crippen LogP contribution is -2.57. The number of ether oxygens (including phenoxy) is 2. The Morgan fingerprint density at radius 3 is 2.37 bits per heavy atom. The van der Waals surface area contributed by atoms with Gasteiger partial charge < -0.3 is 9.47 Å². The maximum Gasteiger partial charge on any atom is 0.416 e. The largest absolute Gasteiger partial charge is 0.496 e. The molecule has 30 heavy (non-hydrogen) atoms. The third-order valence-corrected chi connectivity index (χ3v) is 6.04. The van der Waals surface area contributed by atoms with E-state index in [9.17, 15) is 18.0 Å². The van der Waals surface area contributed by atoms with Gasteiger partial charge >= 0.3 is 6.18 Å². The van der Waals surface area contributed by atoms with E-state index in [1.165, 1.54) is 18.7 Å². The van der Waals surface area contributed by atoms with Crippen molar-refractivity contribution in [2.24, 2.45) is 5.92 Å². The minimum atomic E-state index is -4.48. The average molecular weight is 419 g/mol. The number of piperidine rings is 1. The first kappa shape index (κ1) is 20.9. The van der Waals surface area contributed by atoms with Crippen LogP contribution in [-0.2, 0) is 17.5 Å². The van der Waals surface area contributed by atoms with Gasteiger partial charge in [0.25, 0.3) is 0 Å². The Bertz CT molecular complexity index is 886. The Morgan fingerprint density at radius 1 is 1.10 bits per heavy atom. The molecule has 2 fully saturated rings. The molecule has 2 bridgehead atoms. The predicted molar refractivity (Wildman–Crippen MR) is 105 cm³/mol. The third-order valence-electron chi connectivity index (χ3n) is 6.04. The summed E-state index contributed by atoms with van der Waals surface area (Å²) in [4.78, 5) is 15.6. The molecule has 0 radical (unpaired) electrons. The lowest BCUT2D eigenvalue weighted by atomic mass is 9.80. The topological polar surface area (TPSA) is 38.8 Å². The molecule has 2 atom stereocenters. The van der Waals surface area contributed by atoms with E-state index >= 15 is 0 Å². The van der Waals surface area contributed by atoms with E-state index in [0.717, 1.165) is 18.7 Å². The van der Waals surface area contributed by atoms with Gasteiger partial charge in [0.05, 0.1) is 31.5 Å².